The molecule has 0 aromatic heterocycles. The van der Waals surface area contributed by atoms with Crippen molar-refractivity contribution < 1.29 is 235 Å². The summed E-state index contributed by atoms with van der Waals surface area (Å²) in [5.74, 6) is 0. The van der Waals surface area contributed by atoms with Crippen LogP contribution in [-0.4, -0.2) is 70.4 Å². The zero-order valence-corrected chi connectivity index (χ0v) is 9.91. The van der Waals surface area contributed by atoms with Crippen LogP contribution in [0.2, 0.25) is 0 Å². The second-order valence-corrected chi connectivity index (χ2v) is 0. The van der Waals surface area contributed by atoms with E-state index in [1.807, 2.05) is 0 Å². The molecule has 0 aromatic rings. The molecule has 0 rings (SSSR count). The third-order valence-corrected chi connectivity index (χ3v) is 0. The molecule has 0 N–H and O–H groups in total. The predicted octanol–water partition coefficient (Wildman–Crippen LogP) is -5.81. The van der Waals surface area contributed by atoms with Gasteiger partial charge in [-0.2, -0.15) is 0 Å². The molecule has 0 heterocycles. The van der Waals surface area contributed by atoms with Crippen molar-refractivity contribution in [3.63, 3.8) is 0 Å². The molecule has 102 valence electrons. The van der Waals surface area contributed by atoms with Crippen molar-refractivity contribution >= 4 is 70.4 Å². The molecule has 0 aliphatic heterocycles. The molecule has 0 aliphatic carbocycles. The molecule has 0 amide bonds. The van der Waals surface area contributed by atoms with Gasteiger partial charge in [-0.3, -0.25) is 0 Å². The van der Waals surface area contributed by atoms with Crippen molar-refractivity contribution in [3.8, 4) is 0 Å². The van der Waals surface area contributed by atoms with E-state index in [1.54, 1.807) is 0 Å². The fraction of sp³-hybridized carbons (Fsp3) is 0. The van der Waals surface area contributed by atoms with E-state index < -0.39 is 0 Å². The Labute approximate surface area is 293 Å². The Morgan fingerprint density at radius 1 is 0.222 bits per heavy atom. The van der Waals surface area contributed by atoms with Crippen molar-refractivity contribution in [2.75, 3.05) is 0 Å². The monoisotopic (exact) mass is 1180 g/mol. The zero-order valence-electron chi connectivity index (χ0n) is 1.34. The van der Waals surface area contributed by atoms with Gasteiger partial charge in [-0.25, -0.2) is 0 Å². The summed E-state index contributed by atoms with van der Waals surface area (Å²) < 4.78 is 0. The molecule has 9 heavy (non-hydrogen) atoms. The standard InChI is InChI=1S/4GeH4.5Yb/h4*1H4;;;;;. The first-order valence-corrected chi connectivity index (χ1v) is 0. The van der Waals surface area contributed by atoms with Gasteiger partial charge in [-0.15, -0.1) is 0 Å². The molecule has 9 heteroatoms. The normalized spacial score (nSPS) is 0. The van der Waals surface area contributed by atoms with Gasteiger partial charge in [0.2, 0.25) is 0 Å². The van der Waals surface area contributed by atoms with Gasteiger partial charge in [0.15, 0.2) is 0 Å². The third-order valence-electron chi connectivity index (χ3n) is 0. The molecule has 0 saturated heterocycles. The number of hydrogen-bond donors (Lipinski definition) is 0. The maximum atomic E-state index is 0. The quantitative estimate of drug-likeness (QED) is 0.213. The van der Waals surface area contributed by atoms with Crippen LogP contribution >= 0.6 is 0 Å². The summed E-state index contributed by atoms with van der Waals surface area (Å²) in [4.78, 5) is 0. The molecule has 0 radical (unpaired) electrons. The van der Waals surface area contributed by atoms with Crippen LogP contribution in [0.3, 0.4) is 0 Å². The molecule has 0 aromatic carbocycles. The van der Waals surface area contributed by atoms with Crippen LogP contribution in [0.15, 0.2) is 0 Å². The van der Waals surface area contributed by atoms with Crippen LogP contribution < -0.4 is 0 Å². The third kappa shape index (κ3) is 46.3. The summed E-state index contributed by atoms with van der Waals surface area (Å²) in [5.41, 5.74) is 0. The van der Waals surface area contributed by atoms with Crippen LogP contribution in [-0.2, 0) is 0 Å². The van der Waals surface area contributed by atoms with Crippen LogP contribution in [0.5, 0.6) is 0 Å². The Balaban J connectivity index is 0. The van der Waals surface area contributed by atoms with Gasteiger partial charge in [0.05, 0.1) is 0 Å². The van der Waals surface area contributed by atoms with E-state index in [1.165, 1.54) is 0 Å². The molecular formula is H16Ge4Yb5. The minimum absolute atomic E-state index is 0. The van der Waals surface area contributed by atoms with Crippen molar-refractivity contribution in [2.24, 2.45) is 0 Å². The van der Waals surface area contributed by atoms with E-state index in [0.29, 0.717) is 0 Å². The van der Waals surface area contributed by atoms with Gasteiger partial charge >= 0.3 is 70.4 Å². The van der Waals surface area contributed by atoms with E-state index in [0.717, 1.165) is 0 Å². The Bertz CT molecular complexity index is 8.92. The largest absolute Gasteiger partial charge is 0 e. The van der Waals surface area contributed by atoms with Crippen LogP contribution in [0.4, 0.5) is 0 Å². The molecule has 0 unspecified atom stereocenters. The van der Waals surface area contributed by atoms with Gasteiger partial charge < -0.3 is 0 Å². The van der Waals surface area contributed by atoms with E-state index in [-0.39, 0.29) is 305 Å². The topological polar surface area (TPSA) is 0 Å². The van der Waals surface area contributed by atoms with Gasteiger partial charge in [-0.1, -0.05) is 0 Å². The minimum Gasteiger partial charge on any atom is 0 e. The van der Waals surface area contributed by atoms with Crippen LogP contribution in [0, 0.1) is 235 Å². The van der Waals surface area contributed by atoms with E-state index in [4.69, 9.17) is 0 Å². The van der Waals surface area contributed by atoms with Crippen LogP contribution in [0.25, 0.3) is 0 Å². The van der Waals surface area contributed by atoms with Gasteiger partial charge in [0, 0.05) is 235 Å². The van der Waals surface area contributed by atoms with Crippen LogP contribution in [0.1, 0.15) is 0 Å². The Morgan fingerprint density at radius 3 is 0.222 bits per heavy atom. The number of rotatable bonds is 0. The van der Waals surface area contributed by atoms with Crippen molar-refractivity contribution in [3.05, 3.63) is 0 Å². The first-order valence-electron chi connectivity index (χ1n) is 0. The predicted molar refractivity (Wildman–Crippen MR) is 45.3 cm³/mol. The van der Waals surface area contributed by atoms with Gasteiger partial charge in [0.25, 0.3) is 0 Å². The summed E-state index contributed by atoms with van der Waals surface area (Å²) in [6.07, 6.45) is 0. The Kier molecular flexibility index (Phi) is 361. The molecular weight excluding hydrogens is 1160 g/mol. The fourth-order valence-electron chi connectivity index (χ4n) is 0. The van der Waals surface area contributed by atoms with E-state index in [2.05, 4.69) is 0 Å². The average Bonchev–Trinajstić information content (AvgIpc) is 0. The molecule has 0 atom stereocenters. The SMILES string of the molecule is [GeH4].[GeH4].[GeH4].[GeH4].[Yb].[Yb].[Yb].[Yb].[Yb]. The van der Waals surface area contributed by atoms with E-state index >= 15 is 0 Å². The molecule has 0 aliphatic rings. The smallest absolute Gasteiger partial charge is 0 e. The second kappa shape index (κ2) is 52.4. The fourth-order valence-corrected chi connectivity index (χ4v) is 0. The second-order valence-electron chi connectivity index (χ2n) is 0. The molecule has 0 saturated carbocycles. The molecule has 0 nitrogen and oxygen atoms in total. The number of hydrogen-bond acceptors (Lipinski definition) is 0. The first kappa shape index (κ1) is 62.1. The average molecular weight is 1170 g/mol. The summed E-state index contributed by atoms with van der Waals surface area (Å²) in [6.45, 7) is 0. The molecule has 0 bridgehead atoms. The van der Waals surface area contributed by atoms with Crippen molar-refractivity contribution in [2.45, 2.75) is 0 Å². The summed E-state index contributed by atoms with van der Waals surface area (Å²) in [7, 11) is 0. The Morgan fingerprint density at radius 2 is 0.222 bits per heavy atom. The molecule has 0 fully saturated rings. The van der Waals surface area contributed by atoms with E-state index in [9.17, 15) is 0 Å². The van der Waals surface area contributed by atoms with Crippen molar-refractivity contribution in [1.82, 2.24) is 0 Å². The van der Waals surface area contributed by atoms with Gasteiger partial charge in [0.1, 0.15) is 0 Å². The molecule has 0 spiro atoms. The maximum Gasteiger partial charge on any atom is 0 e. The summed E-state index contributed by atoms with van der Waals surface area (Å²) in [5, 5.41) is 0. The summed E-state index contributed by atoms with van der Waals surface area (Å²) in [6, 6.07) is 0. The van der Waals surface area contributed by atoms with Gasteiger partial charge in [-0.05, 0) is 0 Å². The Hall–Kier alpha value is 9.77. The zero-order chi connectivity index (χ0) is 0. The maximum absolute atomic E-state index is 0. The summed E-state index contributed by atoms with van der Waals surface area (Å²) >= 11 is 0. The van der Waals surface area contributed by atoms with Crippen molar-refractivity contribution in [1.29, 1.82) is 0 Å². The first-order chi connectivity index (χ1) is 0. The minimum atomic E-state index is 0.